The molecule has 0 heterocycles. The summed E-state index contributed by atoms with van der Waals surface area (Å²) in [4.78, 5) is 12.4. The van der Waals surface area contributed by atoms with Gasteiger partial charge in [0.15, 0.2) is 0 Å². The number of carbonyl (C=O) groups is 1. The Kier molecular flexibility index (Phi) is 5.99. The average Bonchev–Trinajstić information content (AvgIpc) is 2.59. The highest BCUT2D eigenvalue weighted by Crippen LogP contribution is 2.25. The maximum atomic E-state index is 12.4. The van der Waals surface area contributed by atoms with Crippen molar-refractivity contribution in [3.8, 4) is 5.75 Å². The summed E-state index contributed by atoms with van der Waals surface area (Å²) >= 11 is 0. The van der Waals surface area contributed by atoms with Crippen LogP contribution in [0, 0.1) is 0 Å². The molecule has 1 unspecified atom stereocenters. The van der Waals surface area contributed by atoms with Crippen molar-refractivity contribution in [1.82, 2.24) is 5.32 Å². The van der Waals surface area contributed by atoms with E-state index in [4.69, 9.17) is 10.5 Å². The van der Waals surface area contributed by atoms with Crippen molar-refractivity contribution in [3.05, 3.63) is 65.7 Å². The van der Waals surface area contributed by atoms with Crippen LogP contribution in [0.2, 0.25) is 0 Å². The van der Waals surface area contributed by atoms with Crippen LogP contribution in [0.1, 0.15) is 37.8 Å². The highest BCUT2D eigenvalue weighted by molar-refractivity contribution is 5.86. The number of benzene rings is 2. The van der Waals surface area contributed by atoms with Crippen molar-refractivity contribution in [2.45, 2.75) is 32.2 Å². The van der Waals surface area contributed by atoms with Gasteiger partial charge in [-0.3, -0.25) is 4.79 Å². The fourth-order valence-corrected chi connectivity index (χ4v) is 2.51. The summed E-state index contributed by atoms with van der Waals surface area (Å²) in [7, 11) is 0. The summed E-state index contributed by atoms with van der Waals surface area (Å²) in [5, 5.41) is 2.85. The molecule has 4 nitrogen and oxygen atoms in total. The van der Waals surface area contributed by atoms with Gasteiger partial charge in [0.05, 0.1) is 6.54 Å². The number of rotatable bonds is 7. The van der Waals surface area contributed by atoms with E-state index in [1.807, 2.05) is 48.5 Å². The van der Waals surface area contributed by atoms with Gasteiger partial charge < -0.3 is 15.8 Å². The van der Waals surface area contributed by atoms with E-state index in [-0.39, 0.29) is 5.91 Å². The first kappa shape index (κ1) is 18.0. The highest BCUT2D eigenvalue weighted by Gasteiger charge is 2.29. The van der Waals surface area contributed by atoms with Crippen LogP contribution in [-0.2, 0) is 10.3 Å². The van der Waals surface area contributed by atoms with Crippen molar-refractivity contribution in [1.29, 1.82) is 0 Å². The first-order valence-corrected chi connectivity index (χ1v) is 8.27. The zero-order valence-electron chi connectivity index (χ0n) is 14.6. The summed E-state index contributed by atoms with van der Waals surface area (Å²) in [5.74, 6) is 1.04. The SMILES string of the molecule is CC(C)c1ccccc1OCCNC(=O)C(C)(N)c1ccccc1. The van der Waals surface area contributed by atoms with Gasteiger partial charge in [0.1, 0.15) is 17.9 Å². The molecular weight excluding hydrogens is 300 g/mol. The minimum atomic E-state index is -1.06. The number of amides is 1. The predicted molar refractivity (Wildman–Crippen MR) is 97.0 cm³/mol. The van der Waals surface area contributed by atoms with Crippen LogP contribution >= 0.6 is 0 Å². The van der Waals surface area contributed by atoms with Crippen LogP contribution in [0.15, 0.2) is 54.6 Å². The summed E-state index contributed by atoms with van der Waals surface area (Å²) in [5.41, 5.74) is 7.08. The zero-order valence-corrected chi connectivity index (χ0v) is 14.6. The van der Waals surface area contributed by atoms with Crippen LogP contribution in [0.4, 0.5) is 0 Å². The maximum Gasteiger partial charge on any atom is 0.244 e. The number of hydrogen-bond acceptors (Lipinski definition) is 3. The number of hydrogen-bond donors (Lipinski definition) is 2. The number of nitrogens with two attached hydrogens (primary N) is 1. The first-order valence-electron chi connectivity index (χ1n) is 8.27. The van der Waals surface area contributed by atoms with Crippen LogP contribution in [-0.4, -0.2) is 19.1 Å². The molecule has 4 heteroatoms. The lowest BCUT2D eigenvalue weighted by molar-refractivity contribution is -0.126. The largest absolute Gasteiger partial charge is 0.491 e. The molecule has 1 atom stereocenters. The van der Waals surface area contributed by atoms with Crippen LogP contribution in [0.3, 0.4) is 0 Å². The monoisotopic (exact) mass is 326 g/mol. The summed E-state index contributed by atoms with van der Waals surface area (Å²) in [6, 6.07) is 17.3. The van der Waals surface area contributed by atoms with E-state index in [1.54, 1.807) is 6.92 Å². The van der Waals surface area contributed by atoms with Crippen molar-refractivity contribution >= 4 is 5.91 Å². The third kappa shape index (κ3) is 4.36. The molecule has 0 aliphatic carbocycles. The molecule has 0 aliphatic heterocycles. The lowest BCUT2D eigenvalue weighted by Crippen LogP contribution is -2.49. The van der Waals surface area contributed by atoms with Crippen LogP contribution in [0.5, 0.6) is 5.75 Å². The van der Waals surface area contributed by atoms with Gasteiger partial charge in [-0.2, -0.15) is 0 Å². The van der Waals surface area contributed by atoms with Crippen molar-refractivity contribution in [3.63, 3.8) is 0 Å². The van der Waals surface area contributed by atoms with Gasteiger partial charge in [-0.1, -0.05) is 62.4 Å². The second-order valence-electron chi connectivity index (χ2n) is 6.37. The van der Waals surface area contributed by atoms with Gasteiger partial charge in [0.2, 0.25) is 5.91 Å². The molecule has 0 radical (unpaired) electrons. The van der Waals surface area contributed by atoms with E-state index in [1.165, 1.54) is 0 Å². The molecule has 0 fully saturated rings. The number of para-hydroxylation sites is 1. The molecule has 0 aromatic heterocycles. The van der Waals surface area contributed by atoms with Gasteiger partial charge in [0.25, 0.3) is 0 Å². The van der Waals surface area contributed by atoms with Gasteiger partial charge in [0, 0.05) is 0 Å². The molecule has 0 aliphatic rings. The molecular formula is C20H26N2O2. The smallest absolute Gasteiger partial charge is 0.244 e. The average molecular weight is 326 g/mol. The molecule has 2 aromatic rings. The quantitative estimate of drug-likeness (QED) is 0.768. The zero-order chi connectivity index (χ0) is 17.6. The Labute approximate surface area is 144 Å². The van der Waals surface area contributed by atoms with Crippen LogP contribution < -0.4 is 15.8 Å². The molecule has 2 rings (SSSR count). The van der Waals surface area contributed by atoms with Gasteiger partial charge >= 0.3 is 0 Å². The third-order valence-electron chi connectivity index (χ3n) is 4.03. The topological polar surface area (TPSA) is 64.3 Å². The molecule has 0 saturated carbocycles. The second kappa shape index (κ2) is 7.97. The van der Waals surface area contributed by atoms with E-state index < -0.39 is 5.54 Å². The van der Waals surface area contributed by atoms with Crippen LogP contribution in [0.25, 0.3) is 0 Å². The van der Waals surface area contributed by atoms with Crippen molar-refractivity contribution < 1.29 is 9.53 Å². The first-order chi connectivity index (χ1) is 11.4. The molecule has 1 amide bonds. The van der Waals surface area contributed by atoms with E-state index in [0.717, 1.165) is 16.9 Å². The van der Waals surface area contributed by atoms with E-state index in [0.29, 0.717) is 19.1 Å². The lowest BCUT2D eigenvalue weighted by Gasteiger charge is -2.24. The molecule has 0 saturated heterocycles. The van der Waals surface area contributed by atoms with Gasteiger partial charge in [-0.25, -0.2) is 0 Å². The number of ether oxygens (including phenoxy) is 1. The Morgan fingerprint density at radius 3 is 2.42 bits per heavy atom. The predicted octanol–water partition coefficient (Wildman–Crippen LogP) is 3.18. The minimum Gasteiger partial charge on any atom is -0.491 e. The molecule has 0 bridgehead atoms. The number of carbonyl (C=O) groups excluding carboxylic acids is 1. The minimum absolute atomic E-state index is 0.213. The van der Waals surface area contributed by atoms with Gasteiger partial charge in [-0.15, -0.1) is 0 Å². The van der Waals surface area contributed by atoms with Gasteiger partial charge in [-0.05, 0) is 30.0 Å². The van der Waals surface area contributed by atoms with E-state index in [2.05, 4.69) is 25.2 Å². The summed E-state index contributed by atoms with van der Waals surface area (Å²) in [6.07, 6.45) is 0. The maximum absolute atomic E-state index is 12.4. The Morgan fingerprint density at radius 2 is 1.75 bits per heavy atom. The molecule has 24 heavy (non-hydrogen) atoms. The number of nitrogens with one attached hydrogen (secondary N) is 1. The lowest BCUT2D eigenvalue weighted by atomic mass is 9.92. The molecule has 3 N–H and O–H groups in total. The fourth-order valence-electron chi connectivity index (χ4n) is 2.51. The molecule has 2 aromatic carbocycles. The third-order valence-corrected chi connectivity index (χ3v) is 4.03. The van der Waals surface area contributed by atoms with E-state index >= 15 is 0 Å². The van der Waals surface area contributed by atoms with Crippen molar-refractivity contribution in [2.75, 3.05) is 13.2 Å². The fraction of sp³-hybridized carbons (Fsp3) is 0.350. The Balaban J connectivity index is 1.88. The highest BCUT2D eigenvalue weighted by atomic mass is 16.5. The second-order valence-corrected chi connectivity index (χ2v) is 6.37. The standard InChI is InChI=1S/C20H26N2O2/c1-15(2)17-11-7-8-12-18(17)24-14-13-22-19(23)20(3,21)16-9-5-4-6-10-16/h4-12,15H,13-14,21H2,1-3H3,(H,22,23). The summed E-state index contributed by atoms with van der Waals surface area (Å²) in [6.45, 7) is 6.78. The van der Waals surface area contributed by atoms with Crippen molar-refractivity contribution in [2.24, 2.45) is 5.73 Å². The summed E-state index contributed by atoms with van der Waals surface area (Å²) < 4.78 is 5.81. The Morgan fingerprint density at radius 1 is 1.12 bits per heavy atom. The molecule has 128 valence electrons. The van der Waals surface area contributed by atoms with E-state index in [9.17, 15) is 4.79 Å². The normalized spacial score (nSPS) is 13.4. The molecule has 0 spiro atoms. The Bertz CT molecular complexity index is 666. The Hall–Kier alpha value is -2.33.